The van der Waals surface area contributed by atoms with Crippen molar-refractivity contribution in [1.82, 2.24) is 5.32 Å². The summed E-state index contributed by atoms with van der Waals surface area (Å²) in [4.78, 5) is 0. The molecule has 0 spiro atoms. The first-order valence-electron chi connectivity index (χ1n) is 6.57. The summed E-state index contributed by atoms with van der Waals surface area (Å²) in [5, 5.41) is 3.53. The second-order valence-corrected chi connectivity index (χ2v) is 4.55. The molecular formula is C16H23NO2. The number of ether oxygens (including phenoxy) is 2. The quantitative estimate of drug-likeness (QED) is 0.765. The van der Waals surface area contributed by atoms with Crippen molar-refractivity contribution in [2.75, 3.05) is 14.2 Å². The van der Waals surface area contributed by atoms with Gasteiger partial charge in [0, 0.05) is 18.5 Å². The van der Waals surface area contributed by atoms with Gasteiger partial charge in [-0.3, -0.25) is 0 Å². The van der Waals surface area contributed by atoms with Crippen molar-refractivity contribution in [3.63, 3.8) is 0 Å². The van der Waals surface area contributed by atoms with Crippen molar-refractivity contribution < 1.29 is 9.47 Å². The average Bonchev–Trinajstić information content (AvgIpc) is 2.44. The summed E-state index contributed by atoms with van der Waals surface area (Å²) < 4.78 is 10.6. The van der Waals surface area contributed by atoms with Crippen molar-refractivity contribution >= 4 is 0 Å². The lowest BCUT2D eigenvalue weighted by Crippen LogP contribution is -2.29. The molecule has 3 heteroatoms. The zero-order chi connectivity index (χ0) is 14.3. The van der Waals surface area contributed by atoms with Crippen LogP contribution in [0.5, 0.6) is 11.5 Å². The molecule has 2 atom stereocenters. The van der Waals surface area contributed by atoms with E-state index in [4.69, 9.17) is 15.9 Å². The molecule has 3 nitrogen and oxygen atoms in total. The molecule has 0 aliphatic carbocycles. The van der Waals surface area contributed by atoms with Crippen LogP contribution in [0.3, 0.4) is 0 Å². The normalized spacial score (nSPS) is 13.4. The zero-order valence-corrected chi connectivity index (χ0v) is 12.2. The van der Waals surface area contributed by atoms with E-state index >= 15 is 0 Å². The van der Waals surface area contributed by atoms with Gasteiger partial charge in [0.15, 0.2) is 11.5 Å². The molecule has 0 aliphatic heterocycles. The van der Waals surface area contributed by atoms with Gasteiger partial charge in [-0.15, -0.1) is 12.3 Å². The zero-order valence-electron chi connectivity index (χ0n) is 12.2. The van der Waals surface area contributed by atoms with Crippen LogP contribution in [-0.2, 0) is 0 Å². The van der Waals surface area contributed by atoms with Gasteiger partial charge >= 0.3 is 0 Å². The molecule has 19 heavy (non-hydrogen) atoms. The highest BCUT2D eigenvalue weighted by Gasteiger charge is 2.14. The Morgan fingerprint density at radius 2 is 1.95 bits per heavy atom. The van der Waals surface area contributed by atoms with Crippen LogP contribution >= 0.6 is 0 Å². The van der Waals surface area contributed by atoms with Gasteiger partial charge in [-0.1, -0.05) is 13.0 Å². The van der Waals surface area contributed by atoms with Crippen LogP contribution < -0.4 is 14.8 Å². The smallest absolute Gasteiger partial charge is 0.161 e. The summed E-state index contributed by atoms with van der Waals surface area (Å²) in [6, 6.07) is 6.57. The maximum atomic E-state index is 5.34. The van der Waals surface area contributed by atoms with Crippen molar-refractivity contribution in [2.45, 2.75) is 38.8 Å². The molecule has 0 saturated heterocycles. The van der Waals surface area contributed by atoms with Crippen LogP contribution in [0, 0.1) is 12.3 Å². The van der Waals surface area contributed by atoms with Crippen LogP contribution in [0.1, 0.15) is 38.3 Å². The first-order chi connectivity index (χ1) is 9.15. The standard InChI is InChI=1S/C16H23NO2/c1-6-8-12(3)17-14(7-2)13-9-10-15(18-4)16(11-13)19-5/h1,9-12,14,17H,7-8H2,2-5H3. The Balaban J connectivity index is 2.89. The number of hydrogen-bond acceptors (Lipinski definition) is 3. The highest BCUT2D eigenvalue weighted by Crippen LogP contribution is 2.31. The molecule has 0 aromatic heterocycles. The van der Waals surface area contributed by atoms with Gasteiger partial charge in [0.2, 0.25) is 0 Å². The minimum absolute atomic E-state index is 0.267. The van der Waals surface area contributed by atoms with Crippen molar-refractivity contribution in [1.29, 1.82) is 0 Å². The van der Waals surface area contributed by atoms with E-state index in [0.717, 1.165) is 24.3 Å². The predicted octanol–water partition coefficient (Wildman–Crippen LogP) is 3.16. The largest absolute Gasteiger partial charge is 0.493 e. The van der Waals surface area contributed by atoms with Crippen LogP contribution in [-0.4, -0.2) is 20.3 Å². The van der Waals surface area contributed by atoms with E-state index in [2.05, 4.69) is 31.2 Å². The third kappa shape index (κ3) is 4.18. The fourth-order valence-corrected chi connectivity index (χ4v) is 2.10. The number of nitrogens with one attached hydrogen (secondary N) is 1. The summed E-state index contributed by atoms with van der Waals surface area (Å²) in [6.07, 6.45) is 7.06. The Hall–Kier alpha value is -1.66. The number of hydrogen-bond donors (Lipinski definition) is 1. The second kappa shape index (κ2) is 7.70. The lowest BCUT2D eigenvalue weighted by molar-refractivity contribution is 0.353. The molecule has 104 valence electrons. The maximum Gasteiger partial charge on any atom is 0.161 e. The van der Waals surface area contributed by atoms with E-state index in [1.807, 2.05) is 12.1 Å². The number of benzene rings is 1. The lowest BCUT2D eigenvalue weighted by Gasteiger charge is -2.22. The molecule has 0 radical (unpaired) electrons. The highest BCUT2D eigenvalue weighted by molar-refractivity contribution is 5.43. The van der Waals surface area contributed by atoms with Crippen molar-refractivity contribution in [3.05, 3.63) is 23.8 Å². The molecule has 1 N–H and O–H groups in total. The summed E-state index contributed by atoms with van der Waals surface area (Å²) in [6.45, 7) is 4.25. The fourth-order valence-electron chi connectivity index (χ4n) is 2.10. The molecule has 0 heterocycles. The van der Waals surface area contributed by atoms with Gasteiger partial charge in [0.05, 0.1) is 14.2 Å². The lowest BCUT2D eigenvalue weighted by atomic mass is 10.0. The minimum atomic E-state index is 0.267. The van der Waals surface area contributed by atoms with Crippen molar-refractivity contribution in [2.24, 2.45) is 0 Å². The van der Waals surface area contributed by atoms with Crippen molar-refractivity contribution in [3.8, 4) is 23.8 Å². The van der Waals surface area contributed by atoms with Crippen LogP contribution in [0.25, 0.3) is 0 Å². The number of methoxy groups -OCH3 is 2. The molecular weight excluding hydrogens is 238 g/mol. The molecule has 0 bridgehead atoms. The van der Waals surface area contributed by atoms with Crippen LogP contribution in [0.2, 0.25) is 0 Å². The molecule has 2 unspecified atom stereocenters. The van der Waals surface area contributed by atoms with E-state index in [1.165, 1.54) is 5.56 Å². The Labute approximate surface area is 116 Å². The second-order valence-electron chi connectivity index (χ2n) is 4.55. The van der Waals surface area contributed by atoms with Gasteiger partial charge in [-0.05, 0) is 31.0 Å². The van der Waals surface area contributed by atoms with Gasteiger partial charge in [-0.25, -0.2) is 0 Å². The SMILES string of the molecule is C#CCC(C)NC(CC)c1ccc(OC)c(OC)c1. The van der Waals surface area contributed by atoms with E-state index in [9.17, 15) is 0 Å². The molecule has 0 aliphatic rings. The Bertz CT molecular complexity index is 437. The third-order valence-corrected chi connectivity index (χ3v) is 3.13. The van der Waals surface area contributed by atoms with Gasteiger partial charge < -0.3 is 14.8 Å². The molecule has 1 aromatic rings. The number of terminal acetylenes is 1. The summed E-state index contributed by atoms with van der Waals surface area (Å²) in [5.74, 6) is 4.18. The van der Waals surface area contributed by atoms with E-state index < -0.39 is 0 Å². The van der Waals surface area contributed by atoms with E-state index in [-0.39, 0.29) is 6.04 Å². The summed E-state index contributed by atoms with van der Waals surface area (Å²) in [5.41, 5.74) is 1.18. The first kappa shape index (κ1) is 15.4. The van der Waals surface area contributed by atoms with E-state index in [1.54, 1.807) is 14.2 Å². The highest BCUT2D eigenvalue weighted by atomic mass is 16.5. The van der Waals surface area contributed by atoms with E-state index in [0.29, 0.717) is 6.04 Å². The van der Waals surface area contributed by atoms with Crippen LogP contribution in [0.4, 0.5) is 0 Å². The Kier molecular flexibility index (Phi) is 6.24. The monoisotopic (exact) mass is 261 g/mol. The van der Waals surface area contributed by atoms with Crippen LogP contribution in [0.15, 0.2) is 18.2 Å². The summed E-state index contributed by atoms with van der Waals surface area (Å²) in [7, 11) is 3.29. The molecule has 0 fully saturated rings. The maximum absolute atomic E-state index is 5.34. The van der Waals surface area contributed by atoms with Gasteiger partial charge in [0.1, 0.15) is 0 Å². The fraction of sp³-hybridized carbons (Fsp3) is 0.500. The Morgan fingerprint density at radius 3 is 2.47 bits per heavy atom. The third-order valence-electron chi connectivity index (χ3n) is 3.13. The molecule has 0 amide bonds. The average molecular weight is 261 g/mol. The minimum Gasteiger partial charge on any atom is -0.493 e. The van der Waals surface area contributed by atoms with Gasteiger partial charge in [-0.2, -0.15) is 0 Å². The molecule has 1 aromatic carbocycles. The number of rotatable bonds is 7. The molecule has 0 saturated carbocycles. The molecule has 1 rings (SSSR count). The van der Waals surface area contributed by atoms with Gasteiger partial charge in [0.25, 0.3) is 0 Å². The summed E-state index contributed by atoms with van der Waals surface area (Å²) >= 11 is 0. The topological polar surface area (TPSA) is 30.5 Å². The predicted molar refractivity (Wildman–Crippen MR) is 78.6 cm³/mol. The Morgan fingerprint density at radius 1 is 1.26 bits per heavy atom. The first-order valence-corrected chi connectivity index (χ1v) is 6.57.